The Morgan fingerprint density at radius 3 is 2.75 bits per heavy atom. The molecule has 0 saturated heterocycles. The van der Waals surface area contributed by atoms with Crippen molar-refractivity contribution in [2.75, 3.05) is 11.1 Å². The van der Waals surface area contributed by atoms with Crippen LogP contribution in [0.15, 0.2) is 47.4 Å². The molecule has 0 bridgehead atoms. The molecule has 7 heteroatoms. The number of hydrogen-bond acceptors (Lipinski definition) is 4. The highest BCUT2D eigenvalue weighted by molar-refractivity contribution is 8.00. The van der Waals surface area contributed by atoms with E-state index < -0.39 is 0 Å². The molecule has 0 spiro atoms. The zero-order chi connectivity index (χ0) is 19.7. The lowest BCUT2D eigenvalue weighted by molar-refractivity contribution is -0.113. The van der Waals surface area contributed by atoms with Crippen molar-refractivity contribution < 1.29 is 9.18 Å². The van der Waals surface area contributed by atoms with Gasteiger partial charge in [0.25, 0.3) is 0 Å². The zero-order valence-electron chi connectivity index (χ0n) is 15.7. The van der Waals surface area contributed by atoms with E-state index in [0.29, 0.717) is 0 Å². The van der Waals surface area contributed by atoms with E-state index in [9.17, 15) is 9.18 Å². The lowest BCUT2D eigenvalue weighted by Crippen LogP contribution is -2.18. The minimum atomic E-state index is -0.278. The Kier molecular flexibility index (Phi) is 5.46. The van der Waals surface area contributed by atoms with Crippen LogP contribution in [0.4, 0.5) is 10.2 Å². The van der Waals surface area contributed by atoms with Crippen LogP contribution in [0.5, 0.6) is 0 Å². The highest BCUT2D eigenvalue weighted by Crippen LogP contribution is 2.36. The fourth-order valence-corrected chi connectivity index (χ4v) is 4.94. The topological polar surface area (TPSA) is 46.9 Å². The summed E-state index contributed by atoms with van der Waals surface area (Å²) in [5.41, 5.74) is 5.42. The number of carbonyl (C=O) groups excluding carboxylic acids is 1. The summed E-state index contributed by atoms with van der Waals surface area (Å²) in [4.78, 5) is 13.5. The first-order chi connectivity index (χ1) is 13.5. The molecule has 1 amide bonds. The number of aromatic nitrogens is 2. The van der Waals surface area contributed by atoms with Crippen LogP contribution in [0.25, 0.3) is 5.69 Å². The minimum absolute atomic E-state index is 0.0973. The number of aryl methyl sites for hydroxylation is 2. The van der Waals surface area contributed by atoms with Crippen molar-refractivity contribution in [3.05, 3.63) is 70.7 Å². The average molecular weight is 414 g/mol. The molecule has 0 saturated carbocycles. The summed E-state index contributed by atoms with van der Waals surface area (Å²) in [6, 6.07) is 12.4. The van der Waals surface area contributed by atoms with Gasteiger partial charge in [0, 0.05) is 22.0 Å². The van der Waals surface area contributed by atoms with Crippen molar-refractivity contribution >= 4 is 35.2 Å². The summed E-state index contributed by atoms with van der Waals surface area (Å²) in [5.74, 6) is 2.35. The number of nitrogens with one attached hydrogen (secondary N) is 1. The van der Waals surface area contributed by atoms with Crippen LogP contribution in [0.2, 0.25) is 0 Å². The summed E-state index contributed by atoms with van der Waals surface area (Å²) in [7, 11) is 0. The van der Waals surface area contributed by atoms with Gasteiger partial charge >= 0.3 is 0 Å². The maximum Gasteiger partial charge on any atom is 0.235 e. The van der Waals surface area contributed by atoms with Crippen LogP contribution in [-0.4, -0.2) is 21.4 Å². The summed E-state index contributed by atoms with van der Waals surface area (Å²) >= 11 is 3.19. The number of thioether (sulfide) groups is 2. The van der Waals surface area contributed by atoms with Crippen molar-refractivity contribution in [2.24, 2.45) is 0 Å². The first-order valence-corrected chi connectivity index (χ1v) is 11.1. The molecule has 0 atom stereocenters. The second-order valence-electron chi connectivity index (χ2n) is 6.76. The van der Waals surface area contributed by atoms with Crippen molar-refractivity contribution in [1.29, 1.82) is 0 Å². The van der Waals surface area contributed by atoms with E-state index in [4.69, 9.17) is 5.10 Å². The van der Waals surface area contributed by atoms with E-state index in [2.05, 4.69) is 31.3 Å². The SMILES string of the molecule is Cc1ccc(-n2nc3c(c2NC(=O)CSc2ccc(F)cc2)CSC3)c(C)c1. The number of benzene rings is 2. The van der Waals surface area contributed by atoms with Gasteiger partial charge < -0.3 is 5.32 Å². The van der Waals surface area contributed by atoms with Gasteiger partial charge in [-0.05, 0) is 49.7 Å². The smallest absolute Gasteiger partial charge is 0.235 e. The van der Waals surface area contributed by atoms with Gasteiger partial charge in [0.15, 0.2) is 0 Å². The Morgan fingerprint density at radius 2 is 2.00 bits per heavy atom. The molecule has 3 aromatic rings. The number of anilines is 1. The van der Waals surface area contributed by atoms with Gasteiger partial charge in [-0.3, -0.25) is 4.79 Å². The molecule has 28 heavy (non-hydrogen) atoms. The lowest BCUT2D eigenvalue weighted by atomic mass is 10.1. The van der Waals surface area contributed by atoms with Gasteiger partial charge in [0.05, 0.1) is 17.1 Å². The number of amides is 1. The highest BCUT2D eigenvalue weighted by Gasteiger charge is 2.25. The summed E-state index contributed by atoms with van der Waals surface area (Å²) < 4.78 is 14.9. The van der Waals surface area contributed by atoms with Gasteiger partial charge in [-0.25, -0.2) is 9.07 Å². The number of halogens is 1. The molecule has 4 rings (SSSR count). The molecule has 0 aliphatic carbocycles. The molecule has 2 aromatic carbocycles. The van der Waals surface area contributed by atoms with Crippen LogP contribution in [-0.2, 0) is 16.3 Å². The second kappa shape index (κ2) is 8.01. The van der Waals surface area contributed by atoms with E-state index in [0.717, 1.165) is 44.7 Å². The highest BCUT2D eigenvalue weighted by atomic mass is 32.2. The van der Waals surface area contributed by atoms with E-state index in [-0.39, 0.29) is 17.5 Å². The van der Waals surface area contributed by atoms with E-state index in [1.54, 1.807) is 23.9 Å². The molecular weight excluding hydrogens is 393 g/mol. The average Bonchev–Trinajstić information content (AvgIpc) is 3.24. The van der Waals surface area contributed by atoms with Gasteiger partial charge in [0.1, 0.15) is 11.6 Å². The first-order valence-electron chi connectivity index (χ1n) is 8.95. The lowest BCUT2D eigenvalue weighted by Gasteiger charge is -2.13. The third kappa shape index (κ3) is 3.95. The second-order valence-corrected chi connectivity index (χ2v) is 8.79. The third-order valence-electron chi connectivity index (χ3n) is 4.57. The molecule has 0 unspecified atom stereocenters. The molecule has 1 aliphatic heterocycles. The number of hydrogen-bond donors (Lipinski definition) is 1. The number of carbonyl (C=O) groups is 1. The summed E-state index contributed by atoms with van der Waals surface area (Å²) in [5, 5.41) is 7.83. The molecule has 2 heterocycles. The molecular formula is C21H20FN3OS2. The minimum Gasteiger partial charge on any atom is -0.310 e. The summed E-state index contributed by atoms with van der Waals surface area (Å²) in [6.45, 7) is 4.12. The van der Waals surface area contributed by atoms with Gasteiger partial charge in [-0.1, -0.05) is 17.7 Å². The maximum absolute atomic E-state index is 13.0. The van der Waals surface area contributed by atoms with E-state index in [1.807, 2.05) is 10.7 Å². The fourth-order valence-electron chi connectivity index (χ4n) is 3.21. The summed E-state index contributed by atoms with van der Waals surface area (Å²) in [6.07, 6.45) is 0. The first kappa shape index (κ1) is 19.1. The molecule has 4 nitrogen and oxygen atoms in total. The molecule has 1 aromatic heterocycles. The van der Waals surface area contributed by atoms with Crippen LogP contribution >= 0.6 is 23.5 Å². The van der Waals surface area contributed by atoms with Crippen molar-refractivity contribution in [1.82, 2.24) is 9.78 Å². The Labute approximate surface area is 171 Å². The Hall–Kier alpha value is -2.25. The number of rotatable bonds is 5. The van der Waals surface area contributed by atoms with E-state index in [1.165, 1.54) is 29.5 Å². The molecule has 0 fully saturated rings. The van der Waals surface area contributed by atoms with Gasteiger partial charge in [-0.2, -0.15) is 16.9 Å². The van der Waals surface area contributed by atoms with Gasteiger partial charge in [-0.15, -0.1) is 11.8 Å². The normalized spacial score (nSPS) is 12.8. The molecule has 1 N–H and O–H groups in total. The quantitative estimate of drug-likeness (QED) is 0.591. The fraction of sp³-hybridized carbons (Fsp3) is 0.238. The van der Waals surface area contributed by atoms with Gasteiger partial charge in [0.2, 0.25) is 5.91 Å². The molecule has 0 radical (unpaired) electrons. The van der Waals surface area contributed by atoms with Crippen molar-refractivity contribution in [3.8, 4) is 5.69 Å². The number of fused-ring (bicyclic) bond motifs is 1. The largest absolute Gasteiger partial charge is 0.310 e. The third-order valence-corrected chi connectivity index (χ3v) is 6.56. The van der Waals surface area contributed by atoms with Crippen molar-refractivity contribution in [2.45, 2.75) is 30.2 Å². The Morgan fingerprint density at radius 1 is 1.21 bits per heavy atom. The van der Waals surface area contributed by atoms with Crippen LogP contribution < -0.4 is 5.32 Å². The molecule has 1 aliphatic rings. The monoisotopic (exact) mass is 413 g/mol. The predicted molar refractivity (Wildman–Crippen MR) is 114 cm³/mol. The molecule has 144 valence electrons. The maximum atomic E-state index is 13.0. The number of nitrogens with zero attached hydrogens (tertiary/aromatic N) is 2. The Bertz CT molecular complexity index is 1030. The Balaban J connectivity index is 1.56. The van der Waals surface area contributed by atoms with Crippen LogP contribution in [0, 0.1) is 19.7 Å². The van der Waals surface area contributed by atoms with Crippen LogP contribution in [0.3, 0.4) is 0 Å². The van der Waals surface area contributed by atoms with E-state index >= 15 is 0 Å². The van der Waals surface area contributed by atoms with Crippen molar-refractivity contribution in [3.63, 3.8) is 0 Å². The van der Waals surface area contributed by atoms with Crippen LogP contribution in [0.1, 0.15) is 22.4 Å². The predicted octanol–water partition coefficient (Wildman–Crippen LogP) is 5.11. The zero-order valence-corrected chi connectivity index (χ0v) is 17.3. The standard InChI is InChI=1S/C21H20FN3OS2/c1-13-3-8-19(14(2)9-13)25-21(17-10-27-11-18(17)24-25)23-20(26)12-28-16-6-4-15(22)5-7-16/h3-9H,10-12H2,1-2H3,(H,23,26).